The van der Waals surface area contributed by atoms with Crippen molar-refractivity contribution in [1.82, 2.24) is 15.5 Å². The van der Waals surface area contributed by atoms with E-state index in [0.29, 0.717) is 5.89 Å². The highest BCUT2D eigenvalue weighted by Crippen LogP contribution is 2.27. The lowest BCUT2D eigenvalue weighted by atomic mass is 9.86. The second kappa shape index (κ2) is 6.15. The minimum Gasteiger partial charge on any atom is -0.424 e. The van der Waals surface area contributed by atoms with Crippen LogP contribution in [0.15, 0.2) is 4.42 Å². The Labute approximate surface area is 103 Å². The normalized spacial score (nSPS) is 19.4. The lowest BCUT2D eigenvalue weighted by Crippen LogP contribution is -2.12. The third kappa shape index (κ3) is 3.53. The van der Waals surface area contributed by atoms with Gasteiger partial charge in [0.1, 0.15) is 0 Å². The van der Waals surface area contributed by atoms with E-state index >= 15 is 0 Å². The van der Waals surface area contributed by atoms with Gasteiger partial charge in [0.2, 0.25) is 11.8 Å². The van der Waals surface area contributed by atoms with Crippen LogP contribution in [0.5, 0.6) is 0 Å². The number of rotatable bonds is 5. The maximum Gasteiger partial charge on any atom is 0.233 e. The summed E-state index contributed by atoms with van der Waals surface area (Å²) in [7, 11) is 1.90. The lowest BCUT2D eigenvalue weighted by molar-refractivity contribution is 0.323. The summed E-state index contributed by atoms with van der Waals surface area (Å²) in [5, 5.41) is 11.3. The minimum absolute atomic E-state index is 0.144. The predicted octanol–water partition coefficient (Wildman–Crippen LogP) is 2.86. The Morgan fingerprint density at radius 1 is 1.29 bits per heavy atom. The highest BCUT2D eigenvalue weighted by Gasteiger charge is 2.16. The summed E-state index contributed by atoms with van der Waals surface area (Å²) in [6, 6.07) is 0.144. The van der Waals surface area contributed by atoms with Gasteiger partial charge < -0.3 is 9.73 Å². The SMILES string of the molecule is CNC(C)c1nnc(CCC2CCCCC2)o1. The zero-order valence-electron chi connectivity index (χ0n) is 10.9. The molecule has 0 aliphatic heterocycles. The van der Waals surface area contributed by atoms with E-state index in [1.165, 1.54) is 38.5 Å². The number of nitrogens with zero attached hydrogens (tertiary/aromatic N) is 2. The van der Waals surface area contributed by atoms with E-state index in [-0.39, 0.29) is 6.04 Å². The van der Waals surface area contributed by atoms with Crippen molar-refractivity contribution >= 4 is 0 Å². The van der Waals surface area contributed by atoms with Gasteiger partial charge in [0.15, 0.2) is 0 Å². The zero-order chi connectivity index (χ0) is 12.1. The molecule has 0 saturated heterocycles. The van der Waals surface area contributed by atoms with Gasteiger partial charge in [-0.1, -0.05) is 32.1 Å². The molecule has 0 aromatic carbocycles. The molecule has 2 rings (SSSR count). The van der Waals surface area contributed by atoms with Gasteiger partial charge in [0.25, 0.3) is 0 Å². The van der Waals surface area contributed by atoms with Crippen LogP contribution in [0.2, 0.25) is 0 Å². The molecule has 17 heavy (non-hydrogen) atoms. The molecule has 1 atom stereocenters. The van der Waals surface area contributed by atoms with Crippen LogP contribution in [0, 0.1) is 5.92 Å². The van der Waals surface area contributed by atoms with Crippen LogP contribution in [0.3, 0.4) is 0 Å². The Bertz CT molecular complexity index is 331. The quantitative estimate of drug-likeness (QED) is 0.855. The lowest BCUT2D eigenvalue weighted by Gasteiger charge is -2.20. The minimum atomic E-state index is 0.144. The highest BCUT2D eigenvalue weighted by molar-refractivity contribution is 4.88. The monoisotopic (exact) mass is 237 g/mol. The molecule has 1 aliphatic rings. The fraction of sp³-hybridized carbons (Fsp3) is 0.846. The van der Waals surface area contributed by atoms with Crippen molar-refractivity contribution in [3.05, 3.63) is 11.8 Å². The molecule has 1 saturated carbocycles. The maximum atomic E-state index is 5.64. The largest absolute Gasteiger partial charge is 0.424 e. The molecule has 1 heterocycles. The molecule has 0 spiro atoms. The summed E-state index contributed by atoms with van der Waals surface area (Å²) in [6.07, 6.45) is 9.12. The Balaban J connectivity index is 1.80. The van der Waals surface area contributed by atoms with Crippen molar-refractivity contribution in [2.75, 3.05) is 7.05 Å². The molecule has 1 aromatic heterocycles. The van der Waals surface area contributed by atoms with Crippen LogP contribution in [0.4, 0.5) is 0 Å². The predicted molar refractivity (Wildman–Crippen MR) is 66.7 cm³/mol. The molecule has 0 bridgehead atoms. The van der Waals surface area contributed by atoms with E-state index in [4.69, 9.17) is 4.42 Å². The number of nitrogens with one attached hydrogen (secondary N) is 1. The highest BCUT2D eigenvalue weighted by atomic mass is 16.4. The molecule has 0 radical (unpaired) electrons. The number of aromatic nitrogens is 2. The van der Waals surface area contributed by atoms with Gasteiger partial charge in [-0.05, 0) is 26.3 Å². The van der Waals surface area contributed by atoms with Gasteiger partial charge in [-0.15, -0.1) is 10.2 Å². The second-order valence-electron chi connectivity index (χ2n) is 5.09. The molecule has 96 valence electrons. The van der Waals surface area contributed by atoms with Gasteiger partial charge in [0, 0.05) is 6.42 Å². The van der Waals surface area contributed by atoms with Crippen LogP contribution in [0.25, 0.3) is 0 Å². The van der Waals surface area contributed by atoms with Crippen LogP contribution in [-0.2, 0) is 6.42 Å². The molecule has 1 N–H and O–H groups in total. The summed E-state index contributed by atoms with van der Waals surface area (Å²) in [4.78, 5) is 0. The van der Waals surface area contributed by atoms with Crippen molar-refractivity contribution in [3.8, 4) is 0 Å². The average molecular weight is 237 g/mol. The third-order valence-corrected chi connectivity index (χ3v) is 3.78. The molecule has 4 heteroatoms. The number of hydrogen-bond acceptors (Lipinski definition) is 4. The molecular weight excluding hydrogens is 214 g/mol. The van der Waals surface area contributed by atoms with Crippen molar-refractivity contribution in [1.29, 1.82) is 0 Å². The molecule has 1 aromatic rings. The molecule has 1 fully saturated rings. The van der Waals surface area contributed by atoms with Crippen LogP contribution >= 0.6 is 0 Å². The summed E-state index contributed by atoms with van der Waals surface area (Å²) < 4.78 is 5.64. The number of hydrogen-bond donors (Lipinski definition) is 1. The van der Waals surface area contributed by atoms with Gasteiger partial charge in [-0.25, -0.2) is 0 Å². The van der Waals surface area contributed by atoms with E-state index in [1.807, 2.05) is 14.0 Å². The standard InChI is InChI=1S/C13H23N3O/c1-10(14-2)13-16-15-12(17-13)9-8-11-6-4-3-5-7-11/h10-11,14H,3-9H2,1-2H3. The fourth-order valence-corrected chi connectivity index (χ4v) is 2.47. The second-order valence-corrected chi connectivity index (χ2v) is 5.09. The van der Waals surface area contributed by atoms with Gasteiger partial charge in [-0.3, -0.25) is 0 Å². The van der Waals surface area contributed by atoms with Crippen LogP contribution in [-0.4, -0.2) is 17.2 Å². The molecule has 4 nitrogen and oxygen atoms in total. The fourth-order valence-electron chi connectivity index (χ4n) is 2.47. The topological polar surface area (TPSA) is 51.0 Å². The van der Waals surface area contributed by atoms with E-state index in [9.17, 15) is 0 Å². The molecule has 0 amide bonds. The van der Waals surface area contributed by atoms with E-state index in [0.717, 1.165) is 18.2 Å². The number of aryl methyl sites for hydroxylation is 1. The maximum absolute atomic E-state index is 5.64. The van der Waals surface area contributed by atoms with Crippen LogP contribution in [0.1, 0.15) is 63.3 Å². The molecule has 1 aliphatic carbocycles. The first kappa shape index (κ1) is 12.6. The Morgan fingerprint density at radius 2 is 2.06 bits per heavy atom. The first-order valence-corrected chi connectivity index (χ1v) is 6.79. The molecule has 1 unspecified atom stereocenters. The summed E-state index contributed by atoms with van der Waals surface area (Å²) in [6.45, 7) is 2.03. The smallest absolute Gasteiger partial charge is 0.233 e. The van der Waals surface area contributed by atoms with E-state index < -0.39 is 0 Å². The Kier molecular flexibility index (Phi) is 4.54. The summed E-state index contributed by atoms with van der Waals surface area (Å²) >= 11 is 0. The van der Waals surface area contributed by atoms with E-state index in [1.54, 1.807) is 0 Å². The third-order valence-electron chi connectivity index (χ3n) is 3.78. The summed E-state index contributed by atoms with van der Waals surface area (Å²) in [5.74, 6) is 2.37. The Morgan fingerprint density at radius 3 is 2.76 bits per heavy atom. The van der Waals surface area contributed by atoms with Crippen molar-refractivity contribution in [3.63, 3.8) is 0 Å². The first-order valence-electron chi connectivity index (χ1n) is 6.79. The van der Waals surface area contributed by atoms with E-state index in [2.05, 4.69) is 15.5 Å². The summed E-state index contributed by atoms with van der Waals surface area (Å²) in [5.41, 5.74) is 0. The van der Waals surface area contributed by atoms with Crippen molar-refractivity contribution in [2.45, 2.75) is 57.9 Å². The zero-order valence-corrected chi connectivity index (χ0v) is 10.9. The average Bonchev–Trinajstić information content (AvgIpc) is 2.85. The van der Waals surface area contributed by atoms with Crippen molar-refractivity contribution < 1.29 is 4.42 Å². The van der Waals surface area contributed by atoms with Crippen LogP contribution < -0.4 is 5.32 Å². The molecular formula is C13H23N3O. The van der Waals surface area contributed by atoms with Gasteiger partial charge in [0.05, 0.1) is 6.04 Å². The first-order chi connectivity index (χ1) is 8.29. The van der Waals surface area contributed by atoms with Gasteiger partial charge in [-0.2, -0.15) is 0 Å². The van der Waals surface area contributed by atoms with Gasteiger partial charge >= 0.3 is 0 Å². The van der Waals surface area contributed by atoms with Crippen molar-refractivity contribution in [2.24, 2.45) is 5.92 Å². The Hall–Kier alpha value is -0.900.